The lowest BCUT2D eigenvalue weighted by Gasteiger charge is -2.24. The van der Waals surface area contributed by atoms with Gasteiger partial charge in [-0.3, -0.25) is 4.99 Å². The maximum atomic E-state index is 5.24. The minimum atomic E-state index is 0.341. The van der Waals surface area contributed by atoms with Gasteiger partial charge in [0.25, 0.3) is 0 Å². The third kappa shape index (κ3) is 4.84. The third-order valence-corrected chi connectivity index (χ3v) is 5.29. The van der Waals surface area contributed by atoms with Crippen LogP contribution in [0.25, 0.3) is 0 Å². The van der Waals surface area contributed by atoms with Crippen LogP contribution in [0.1, 0.15) is 25.3 Å². The van der Waals surface area contributed by atoms with Gasteiger partial charge in [0, 0.05) is 24.9 Å². The highest BCUT2D eigenvalue weighted by molar-refractivity contribution is 8.00. The summed E-state index contributed by atoms with van der Waals surface area (Å²) < 4.78 is 5.58. The summed E-state index contributed by atoms with van der Waals surface area (Å²) in [6, 6.07) is 8.07. The number of hydrogen-bond donors (Lipinski definition) is 2. The summed E-state index contributed by atoms with van der Waals surface area (Å²) in [5, 5.41) is 6.79. The van der Waals surface area contributed by atoms with E-state index in [0.29, 0.717) is 4.75 Å². The highest BCUT2D eigenvalue weighted by Gasteiger charge is 2.29. The van der Waals surface area contributed by atoms with E-state index in [1.165, 1.54) is 24.2 Å². The van der Waals surface area contributed by atoms with E-state index in [1.54, 1.807) is 7.11 Å². The Bertz CT molecular complexity index is 484. The summed E-state index contributed by atoms with van der Waals surface area (Å²) in [5.74, 6) is 3.01. The Morgan fingerprint density at radius 2 is 2.29 bits per heavy atom. The Morgan fingerprint density at radius 1 is 1.43 bits per heavy atom. The van der Waals surface area contributed by atoms with Gasteiger partial charge in [-0.05, 0) is 43.2 Å². The lowest BCUT2D eigenvalue weighted by Crippen LogP contribution is -2.43. The fraction of sp³-hybridized carbons (Fsp3) is 0.562. The molecule has 1 aliphatic rings. The average molecular weight is 307 g/mol. The number of thioether (sulfide) groups is 1. The topological polar surface area (TPSA) is 45.7 Å². The molecule has 2 N–H and O–H groups in total. The lowest BCUT2D eigenvalue weighted by molar-refractivity contribution is 0.414. The van der Waals surface area contributed by atoms with Gasteiger partial charge in [0.1, 0.15) is 5.75 Å². The van der Waals surface area contributed by atoms with Gasteiger partial charge in [0.2, 0.25) is 0 Å². The molecule has 0 bridgehead atoms. The van der Waals surface area contributed by atoms with Gasteiger partial charge in [0.15, 0.2) is 5.96 Å². The summed E-state index contributed by atoms with van der Waals surface area (Å²) in [4.78, 5) is 4.29. The molecule has 0 aliphatic carbocycles. The van der Waals surface area contributed by atoms with Gasteiger partial charge >= 0.3 is 0 Å². The number of nitrogens with one attached hydrogen (secondary N) is 2. The van der Waals surface area contributed by atoms with Crippen LogP contribution in [0.4, 0.5) is 0 Å². The molecule has 21 heavy (non-hydrogen) atoms. The van der Waals surface area contributed by atoms with Crippen molar-refractivity contribution in [1.29, 1.82) is 0 Å². The largest absolute Gasteiger partial charge is 0.497 e. The molecule has 1 heterocycles. The van der Waals surface area contributed by atoms with E-state index in [-0.39, 0.29) is 0 Å². The lowest BCUT2D eigenvalue weighted by atomic mass is 10.1. The van der Waals surface area contributed by atoms with E-state index < -0.39 is 0 Å². The first kappa shape index (κ1) is 16.0. The van der Waals surface area contributed by atoms with Crippen molar-refractivity contribution < 1.29 is 4.74 Å². The van der Waals surface area contributed by atoms with Crippen LogP contribution in [0.3, 0.4) is 0 Å². The summed E-state index contributed by atoms with van der Waals surface area (Å²) in [5.41, 5.74) is 1.18. The monoisotopic (exact) mass is 307 g/mol. The number of guanidine groups is 1. The quantitative estimate of drug-likeness (QED) is 0.648. The van der Waals surface area contributed by atoms with Crippen LogP contribution < -0.4 is 15.4 Å². The predicted molar refractivity (Wildman–Crippen MR) is 91.3 cm³/mol. The Kier molecular flexibility index (Phi) is 5.79. The van der Waals surface area contributed by atoms with Crippen molar-refractivity contribution in [2.75, 3.05) is 26.5 Å². The molecule has 0 amide bonds. The van der Waals surface area contributed by atoms with Gasteiger partial charge < -0.3 is 15.4 Å². The van der Waals surface area contributed by atoms with Crippen molar-refractivity contribution in [3.8, 4) is 5.75 Å². The first-order chi connectivity index (χ1) is 10.1. The molecule has 1 aromatic carbocycles. The van der Waals surface area contributed by atoms with E-state index in [1.807, 2.05) is 25.2 Å². The standard InChI is InChI=1S/C16H25N3OS/c1-16(8-5-9-21-16)12-19-15(17-2)18-11-13-6-4-7-14(10-13)20-3/h4,6-7,10H,5,8-9,11-12H2,1-3H3,(H2,17,18,19). The highest BCUT2D eigenvalue weighted by atomic mass is 32.2. The Morgan fingerprint density at radius 3 is 2.95 bits per heavy atom. The van der Waals surface area contributed by atoms with Crippen molar-refractivity contribution in [3.63, 3.8) is 0 Å². The molecule has 1 fully saturated rings. The molecule has 1 aliphatic heterocycles. The number of rotatable bonds is 5. The van der Waals surface area contributed by atoms with Crippen molar-refractivity contribution in [2.45, 2.75) is 31.1 Å². The van der Waals surface area contributed by atoms with Crippen LogP contribution in [0.15, 0.2) is 29.3 Å². The molecule has 0 saturated carbocycles. The molecule has 1 saturated heterocycles. The summed E-state index contributed by atoms with van der Waals surface area (Å²) in [7, 11) is 3.50. The third-order valence-electron chi connectivity index (χ3n) is 3.75. The SMILES string of the molecule is CN=C(NCc1cccc(OC)c1)NCC1(C)CCCS1. The van der Waals surface area contributed by atoms with E-state index in [0.717, 1.165) is 24.8 Å². The van der Waals surface area contributed by atoms with Gasteiger partial charge in [0.05, 0.1) is 7.11 Å². The van der Waals surface area contributed by atoms with Crippen LogP contribution in [0.2, 0.25) is 0 Å². The van der Waals surface area contributed by atoms with Crippen LogP contribution in [0.5, 0.6) is 5.75 Å². The number of aliphatic imine (C=N–C) groups is 1. The molecule has 0 aromatic heterocycles. The second-order valence-corrected chi connectivity index (χ2v) is 7.22. The molecule has 5 heteroatoms. The maximum Gasteiger partial charge on any atom is 0.191 e. The van der Waals surface area contributed by atoms with E-state index in [4.69, 9.17) is 4.74 Å². The summed E-state index contributed by atoms with van der Waals surface area (Å²) in [6.07, 6.45) is 2.59. The number of hydrogen-bond acceptors (Lipinski definition) is 3. The zero-order valence-corrected chi connectivity index (χ0v) is 13.9. The molecular weight excluding hydrogens is 282 g/mol. The van der Waals surface area contributed by atoms with E-state index in [2.05, 4.69) is 40.4 Å². The molecule has 4 nitrogen and oxygen atoms in total. The molecule has 0 spiro atoms. The van der Waals surface area contributed by atoms with Crippen molar-refractivity contribution >= 4 is 17.7 Å². The van der Waals surface area contributed by atoms with Crippen LogP contribution in [-0.4, -0.2) is 37.2 Å². The summed E-state index contributed by atoms with van der Waals surface area (Å²) >= 11 is 2.05. The fourth-order valence-electron chi connectivity index (χ4n) is 2.44. The Hall–Kier alpha value is -1.36. The van der Waals surface area contributed by atoms with E-state index >= 15 is 0 Å². The Labute approximate surface area is 131 Å². The smallest absolute Gasteiger partial charge is 0.191 e. The van der Waals surface area contributed by atoms with Gasteiger partial charge in [-0.25, -0.2) is 0 Å². The fourth-order valence-corrected chi connectivity index (χ4v) is 3.68. The number of nitrogens with zero attached hydrogens (tertiary/aromatic N) is 1. The van der Waals surface area contributed by atoms with Gasteiger partial charge in [-0.2, -0.15) is 11.8 Å². The zero-order valence-electron chi connectivity index (χ0n) is 13.1. The van der Waals surface area contributed by atoms with Crippen molar-refractivity contribution in [1.82, 2.24) is 10.6 Å². The first-order valence-electron chi connectivity index (χ1n) is 7.37. The highest BCUT2D eigenvalue weighted by Crippen LogP contribution is 2.36. The number of methoxy groups -OCH3 is 1. The number of benzene rings is 1. The molecule has 1 aromatic rings. The average Bonchev–Trinajstić information content (AvgIpc) is 2.95. The van der Waals surface area contributed by atoms with Crippen LogP contribution in [0, 0.1) is 0 Å². The predicted octanol–water partition coefficient (Wildman–Crippen LogP) is 2.65. The second-order valence-electron chi connectivity index (χ2n) is 5.53. The molecule has 1 atom stereocenters. The molecule has 0 radical (unpaired) electrons. The maximum absolute atomic E-state index is 5.24. The minimum absolute atomic E-state index is 0.341. The second kappa shape index (κ2) is 7.59. The zero-order chi connectivity index (χ0) is 15.1. The van der Waals surface area contributed by atoms with Gasteiger partial charge in [-0.1, -0.05) is 12.1 Å². The molecule has 2 rings (SSSR count). The van der Waals surface area contributed by atoms with E-state index in [9.17, 15) is 0 Å². The molecular formula is C16H25N3OS. The summed E-state index contributed by atoms with van der Waals surface area (Å²) in [6.45, 7) is 4.02. The number of ether oxygens (including phenoxy) is 1. The molecule has 1 unspecified atom stereocenters. The minimum Gasteiger partial charge on any atom is -0.497 e. The van der Waals surface area contributed by atoms with Crippen LogP contribution in [-0.2, 0) is 6.54 Å². The van der Waals surface area contributed by atoms with Crippen LogP contribution >= 0.6 is 11.8 Å². The molecule has 116 valence electrons. The van der Waals surface area contributed by atoms with Gasteiger partial charge in [-0.15, -0.1) is 0 Å². The van der Waals surface area contributed by atoms with Crippen molar-refractivity contribution in [3.05, 3.63) is 29.8 Å². The normalized spacial score (nSPS) is 22.1. The first-order valence-corrected chi connectivity index (χ1v) is 8.35. The Balaban J connectivity index is 1.82. The van der Waals surface area contributed by atoms with Crippen molar-refractivity contribution in [2.24, 2.45) is 4.99 Å².